The summed E-state index contributed by atoms with van der Waals surface area (Å²) in [7, 11) is 2.15. The smallest absolute Gasteiger partial charge is 0.251 e. The standard InChI is InChI=1S/C28H31ClN6O.3ClH/c1-20-5-3-8-25(27(20)29)32-23-9-10-26-22(17-23)19-31-35(26)24-7-4-6-21(18-24)28(36)30-11-12-34-15-13-33(2)14-16-34;;;/h3-10,17-19,32H,11-16H2,1-2H3,(H,30,36);3*1H. The Hall–Kier alpha value is -2.52. The maximum atomic E-state index is 12.8. The van der Waals surface area contributed by atoms with Crippen molar-refractivity contribution in [3.8, 4) is 5.69 Å². The van der Waals surface area contributed by atoms with Gasteiger partial charge in [0.15, 0.2) is 0 Å². The van der Waals surface area contributed by atoms with Gasteiger partial charge in [0.1, 0.15) is 0 Å². The number of rotatable bonds is 7. The summed E-state index contributed by atoms with van der Waals surface area (Å²) in [6.45, 7) is 7.73. The summed E-state index contributed by atoms with van der Waals surface area (Å²) < 4.78 is 1.86. The molecule has 1 saturated heterocycles. The molecular formula is C28H34Cl4N6O. The summed E-state index contributed by atoms with van der Waals surface area (Å²) in [5.41, 5.74) is 5.26. The molecule has 1 aliphatic heterocycles. The van der Waals surface area contributed by atoms with Gasteiger partial charge in [-0.15, -0.1) is 37.2 Å². The summed E-state index contributed by atoms with van der Waals surface area (Å²) in [6.07, 6.45) is 1.83. The van der Waals surface area contributed by atoms with Crippen LogP contribution in [0.25, 0.3) is 16.6 Å². The predicted octanol–water partition coefficient (Wildman–Crippen LogP) is 5.97. The van der Waals surface area contributed by atoms with Crippen LogP contribution in [0.1, 0.15) is 15.9 Å². The van der Waals surface area contributed by atoms with Crippen LogP contribution in [0.4, 0.5) is 11.4 Å². The number of carbonyl (C=O) groups is 1. The summed E-state index contributed by atoms with van der Waals surface area (Å²) in [4.78, 5) is 17.5. The van der Waals surface area contributed by atoms with Crippen LogP contribution < -0.4 is 10.6 Å². The van der Waals surface area contributed by atoms with Crippen molar-refractivity contribution in [3.05, 3.63) is 83.0 Å². The lowest BCUT2D eigenvalue weighted by atomic mass is 10.1. The fraction of sp³-hybridized carbons (Fsp3) is 0.286. The highest BCUT2D eigenvalue weighted by Crippen LogP contribution is 2.30. The largest absolute Gasteiger partial charge is 0.354 e. The van der Waals surface area contributed by atoms with E-state index in [1.54, 1.807) is 0 Å². The van der Waals surface area contributed by atoms with Gasteiger partial charge >= 0.3 is 0 Å². The van der Waals surface area contributed by atoms with Crippen molar-refractivity contribution in [1.82, 2.24) is 24.9 Å². The van der Waals surface area contributed by atoms with E-state index in [0.29, 0.717) is 17.1 Å². The molecule has 11 heteroatoms. The monoisotopic (exact) mass is 610 g/mol. The molecule has 0 unspecified atom stereocenters. The van der Waals surface area contributed by atoms with Crippen molar-refractivity contribution in [3.63, 3.8) is 0 Å². The van der Waals surface area contributed by atoms with E-state index in [9.17, 15) is 4.79 Å². The second-order valence-corrected chi connectivity index (χ2v) is 9.72. The predicted molar refractivity (Wildman–Crippen MR) is 169 cm³/mol. The first-order valence-corrected chi connectivity index (χ1v) is 12.7. The van der Waals surface area contributed by atoms with Crippen molar-refractivity contribution in [1.29, 1.82) is 0 Å². The second-order valence-electron chi connectivity index (χ2n) is 9.34. The Kier molecular flexibility index (Phi) is 12.4. The van der Waals surface area contributed by atoms with Gasteiger partial charge in [-0.25, -0.2) is 4.68 Å². The molecule has 1 aromatic heterocycles. The van der Waals surface area contributed by atoms with Gasteiger partial charge in [-0.05, 0) is 62.0 Å². The van der Waals surface area contributed by atoms with Gasteiger partial charge < -0.3 is 15.5 Å². The highest BCUT2D eigenvalue weighted by Gasteiger charge is 2.14. The summed E-state index contributed by atoms with van der Waals surface area (Å²) >= 11 is 6.45. The minimum Gasteiger partial charge on any atom is -0.354 e. The van der Waals surface area contributed by atoms with Gasteiger partial charge in [0.25, 0.3) is 5.91 Å². The number of nitrogens with one attached hydrogen (secondary N) is 2. The molecule has 210 valence electrons. The van der Waals surface area contributed by atoms with Crippen molar-refractivity contribution in [2.45, 2.75) is 6.92 Å². The molecule has 1 aliphatic rings. The molecule has 4 aromatic rings. The van der Waals surface area contributed by atoms with E-state index in [2.05, 4.69) is 32.6 Å². The van der Waals surface area contributed by atoms with Crippen LogP contribution >= 0.6 is 48.8 Å². The Morgan fingerprint density at radius 1 is 0.974 bits per heavy atom. The first-order valence-electron chi connectivity index (χ1n) is 12.3. The average molecular weight is 612 g/mol. The molecule has 2 N–H and O–H groups in total. The molecule has 0 saturated carbocycles. The van der Waals surface area contributed by atoms with E-state index in [-0.39, 0.29) is 43.1 Å². The van der Waals surface area contributed by atoms with Crippen molar-refractivity contribution in [2.24, 2.45) is 0 Å². The SMILES string of the molecule is Cc1cccc(Nc2ccc3c(cnn3-c3cccc(C(=O)NCCN4CCN(C)CC4)c3)c2)c1Cl.Cl.Cl.Cl. The second kappa shape index (κ2) is 14.7. The fourth-order valence-corrected chi connectivity index (χ4v) is 4.67. The van der Waals surface area contributed by atoms with Gasteiger partial charge in [-0.3, -0.25) is 9.69 Å². The third-order valence-corrected chi connectivity index (χ3v) is 7.20. The third kappa shape index (κ3) is 7.78. The third-order valence-electron chi connectivity index (χ3n) is 6.70. The topological polar surface area (TPSA) is 65.4 Å². The molecule has 0 bridgehead atoms. The molecule has 3 aromatic carbocycles. The zero-order chi connectivity index (χ0) is 25.1. The lowest BCUT2D eigenvalue weighted by Gasteiger charge is -2.32. The number of carbonyl (C=O) groups excluding carboxylic acids is 1. The molecule has 1 fully saturated rings. The lowest BCUT2D eigenvalue weighted by molar-refractivity contribution is 0.0941. The van der Waals surface area contributed by atoms with Crippen LogP contribution in [-0.2, 0) is 0 Å². The number of hydrogen-bond acceptors (Lipinski definition) is 5. The maximum Gasteiger partial charge on any atom is 0.251 e. The van der Waals surface area contributed by atoms with E-state index < -0.39 is 0 Å². The molecule has 5 rings (SSSR count). The Labute approximate surface area is 253 Å². The average Bonchev–Trinajstić information content (AvgIpc) is 3.31. The maximum absolute atomic E-state index is 12.8. The van der Waals surface area contributed by atoms with Crippen LogP contribution in [0.5, 0.6) is 0 Å². The van der Waals surface area contributed by atoms with Gasteiger partial charge in [-0.1, -0.05) is 29.8 Å². The van der Waals surface area contributed by atoms with Gasteiger partial charge in [0.05, 0.1) is 28.1 Å². The number of aryl methyl sites for hydroxylation is 1. The quantitative estimate of drug-likeness (QED) is 0.269. The molecule has 2 heterocycles. The van der Waals surface area contributed by atoms with E-state index in [1.807, 2.05) is 78.5 Å². The van der Waals surface area contributed by atoms with Crippen LogP contribution in [0, 0.1) is 6.92 Å². The number of fused-ring (bicyclic) bond motifs is 1. The molecular weight excluding hydrogens is 578 g/mol. The van der Waals surface area contributed by atoms with Crippen LogP contribution in [-0.4, -0.2) is 71.8 Å². The molecule has 7 nitrogen and oxygen atoms in total. The number of halogens is 4. The zero-order valence-electron chi connectivity index (χ0n) is 21.9. The number of amides is 1. The normalized spacial score (nSPS) is 13.6. The number of anilines is 2. The molecule has 39 heavy (non-hydrogen) atoms. The van der Waals surface area contributed by atoms with Crippen LogP contribution in [0.15, 0.2) is 66.9 Å². The summed E-state index contributed by atoms with van der Waals surface area (Å²) in [5.74, 6) is -0.0658. The fourth-order valence-electron chi connectivity index (χ4n) is 4.50. The number of aromatic nitrogens is 2. The minimum atomic E-state index is -0.0658. The van der Waals surface area contributed by atoms with Crippen molar-refractivity contribution in [2.75, 3.05) is 51.6 Å². The van der Waals surface area contributed by atoms with Gasteiger partial charge in [0.2, 0.25) is 0 Å². The van der Waals surface area contributed by atoms with E-state index >= 15 is 0 Å². The van der Waals surface area contributed by atoms with Gasteiger partial charge in [-0.2, -0.15) is 5.10 Å². The number of piperazine rings is 1. The number of nitrogens with zero attached hydrogens (tertiary/aromatic N) is 4. The zero-order valence-corrected chi connectivity index (χ0v) is 25.1. The van der Waals surface area contributed by atoms with E-state index in [1.165, 1.54) is 0 Å². The molecule has 0 aliphatic carbocycles. The van der Waals surface area contributed by atoms with Crippen molar-refractivity contribution < 1.29 is 4.79 Å². The minimum absolute atomic E-state index is 0. The first-order chi connectivity index (χ1) is 17.5. The lowest BCUT2D eigenvalue weighted by Crippen LogP contribution is -2.46. The Morgan fingerprint density at radius 3 is 2.49 bits per heavy atom. The van der Waals surface area contributed by atoms with Crippen LogP contribution in [0.3, 0.4) is 0 Å². The molecule has 0 atom stereocenters. The highest BCUT2D eigenvalue weighted by molar-refractivity contribution is 6.34. The number of benzene rings is 3. The van der Waals surface area contributed by atoms with Gasteiger partial charge in [0, 0.05) is 55.9 Å². The Bertz CT molecular complexity index is 1390. The highest BCUT2D eigenvalue weighted by atomic mass is 35.5. The molecule has 1 amide bonds. The molecule has 0 radical (unpaired) electrons. The molecule has 0 spiro atoms. The van der Waals surface area contributed by atoms with Crippen molar-refractivity contribution >= 4 is 77.0 Å². The Morgan fingerprint density at radius 2 is 1.72 bits per heavy atom. The Balaban J connectivity index is 0.00000178. The summed E-state index contributed by atoms with van der Waals surface area (Å²) in [5, 5.41) is 12.8. The number of hydrogen-bond donors (Lipinski definition) is 2. The summed E-state index contributed by atoms with van der Waals surface area (Å²) in [6, 6.07) is 19.6. The van der Waals surface area contributed by atoms with Crippen LogP contribution in [0.2, 0.25) is 5.02 Å². The van der Waals surface area contributed by atoms with E-state index in [0.717, 1.165) is 66.3 Å². The first kappa shape index (κ1) is 32.7. The number of likely N-dealkylation sites (N-methyl/N-ethyl adjacent to an activating group) is 1. The van der Waals surface area contributed by atoms with E-state index in [4.69, 9.17) is 11.6 Å².